The molecule has 1 saturated heterocycles. The van der Waals surface area contributed by atoms with E-state index in [1.54, 1.807) is 0 Å². The van der Waals surface area contributed by atoms with Crippen molar-refractivity contribution in [3.8, 4) is 0 Å². The van der Waals surface area contributed by atoms with Gasteiger partial charge in [-0.15, -0.1) is 0 Å². The van der Waals surface area contributed by atoms with Crippen molar-refractivity contribution in [3.05, 3.63) is 17.7 Å². The number of nitrogens with zero attached hydrogens (tertiary/aromatic N) is 2. The van der Waals surface area contributed by atoms with Gasteiger partial charge in [0.1, 0.15) is 11.9 Å². The second-order valence-electron chi connectivity index (χ2n) is 8.38. The Morgan fingerprint density at radius 2 is 2.00 bits per heavy atom. The van der Waals surface area contributed by atoms with Crippen LogP contribution >= 0.6 is 0 Å². The van der Waals surface area contributed by atoms with E-state index in [0.717, 1.165) is 50.0 Å². The second-order valence-corrected chi connectivity index (χ2v) is 8.38. The lowest BCUT2D eigenvalue weighted by Crippen LogP contribution is -2.51. The van der Waals surface area contributed by atoms with Crippen LogP contribution in [0.4, 0.5) is 4.79 Å². The molecule has 2 atom stereocenters. The molecule has 1 aromatic heterocycles. The van der Waals surface area contributed by atoms with Gasteiger partial charge >= 0.3 is 6.09 Å². The Bertz CT molecular complexity index is 681. The zero-order chi connectivity index (χ0) is 20.3. The van der Waals surface area contributed by atoms with E-state index in [4.69, 9.17) is 5.73 Å². The predicted octanol–water partition coefficient (Wildman–Crippen LogP) is 2.44. The molecule has 3 rings (SSSR count). The molecule has 1 aliphatic carbocycles. The lowest BCUT2D eigenvalue weighted by atomic mass is 9.85. The number of amides is 2. The molecule has 28 heavy (non-hydrogen) atoms. The molecule has 1 aromatic rings. The van der Waals surface area contributed by atoms with Crippen LogP contribution in [0.15, 0.2) is 6.20 Å². The second kappa shape index (κ2) is 8.94. The molecule has 2 fully saturated rings. The van der Waals surface area contributed by atoms with Crippen LogP contribution in [0.5, 0.6) is 0 Å². The fraction of sp³-hybridized carbons (Fsp3) is 0.750. The smallest absolute Gasteiger partial charge is 0.407 e. The Morgan fingerprint density at radius 3 is 2.64 bits per heavy atom. The highest BCUT2D eigenvalue weighted by Crippen LogP contribution is 2.35. The first-order valence-corrected chi connectivity index (χ1v) is 10.4. The van der Waals surface area contributed by atoms with E-state index in [9.17, 15) is 9.59 Å². The maximum absolute atomic E-state index is 13.2. The predicted molar refractivity (Wildman–Crippen MR) is 106 cm³/mol. The standard InChI is InChI=1S/C20H33N5O3/c1-12(2)17(24-20(27)28-3)19(26)25-10-4-5-16(25)18-22-11-15(23-18)13-6-8-14(21)9-7-13/h11-14,16-17H,4-10,21H2,1-3H3,(H,22,23)(H,24,27)/t13?,14?,16-,17?/m0/s1. The fourth-order valence-corrected chi connectivity index (χ4v) is 4.35. The zero-order valence-corrected chi connectivity index (χ0v) is 17.1. The average molecular weight is 392 g/mol. The van der Waals surface area contributed by atoms with Crippen LogP contribution in [0, 0.1) is 5.92 Å². The Kier molecular flexibility index (Phi) is 6.59. The largest absolute Gasteiger partial charge is 0.453 e. The summed E-state index contributed by atoms with van der Waals surface area (Å²) < 4.78 is 4.68. The van der Waals surface area contributed by atoms with Crippen LogP contribution in [0.2, 0.25) is 0 Å². The van der Waals surface area contributed by atoms with Crippen molar-refractivity contribution in [2.24, 2.45) is 11.7 Å². The molecule has 0 bridgehead atoms. The van der Waals surface area contributed by atoms with Gasteiger partial charge < -0.3 is 25.7 Å². The van der Waals surface area contributed by atoms with E-state index < -0.39 is 12.1 Å². The van der Waals surface area contributed by atoms with Gasteiger partial charge in [0.25, 0.3) is 0 Å². The van der Waals surface area contributed by atoms with Crippen molar-refractivity contribution in [2.45, 2.75) is 76.4 Å². The van der Waals surface area contributed by atoms with Crippen molar-refractivity contribution in [3.63, 3.8) is 0 Å². The highest BCUT2D eigenvalue weighted by molar-refractivity contribution is 5.86. The molecule has 0 spiro atoms. The normalized spacial score (nSPS) is 26.3. The number of hydrogen-bond acceptors (Lipinski definition) is 5. The third-order valence-corrected chi connectivity index (χ3v) is 6.07. The Hall–Kier alpha value is -2.09. The number of H-pyrrole nitrogens is 1. The number of aromatic nitrogens is 2. The number of carbonyl (C=O) groups is 2. The first kappa shape index (κ1) is 20.6. The first-order valence-electron chi connectivity index (χ1n) is 10.4. The molecule has 2 aliphatic rings. The number of imidazole rings is 1. The molecule has 8 heteroatoms. The maximum Gasteiger partial charge on any atom is 0.407 e. The summed E-state index contributed by atoms with van der Waals surface area (Å²) in [5.74, 6) is 1.20. The molecule has 1 unspecified atom stereocenters. The van der Waals surface area contributed by atoms with Crippen molar-refractivity contribution >= 4 is 12.0 Å². The minimum absolute atomic E-state index is 0.0357. The molecule has 1 aliphatic heterocycles. The van der Waals surface area contributed by atoms with E-state index in [2.05, 4.69) is 20.0 Å². The fourth-order valence-electron chi connectivity index (χ4n) is 4.35. The summed E-state index contributed by atoms with van der Waals surface area (Å²) in [6.45, 7) is 4.51. The molecular weight excluding hydrogens is 358 g/mol. The number of ether oxygens (including phenoxy) is 1. The quantitative estimate of drug-likeness (QED) is 0.713. The van der Waals surface area contributed by atoms with Crippen LogP contribution < -0.4 is 11.1 Å². The molecule has 2 heterocycles. The number of carbonyl (C=O) groups excluding carboxylic acids is 2. The van der Waals surface area contributed by atoms with Gasteiger partial charge in [-0.1, -0.05) is 13.8 Å². The van der Waals surface area contributed by atoms with E-state index >= 15 is 0 Å². The Balaban J connectivity index is 1.72. The van der Waals surface area contributed by atoms with Gasteiger partial charge in [0.15, 0.2) is 0 Å². The summed E-state index contributed by atoms with van der Waals surface area (Å²) in [7, 11) is 1.30. The van der Waals surface area contributed by atoms with E-state index in [0.29, 0.717) is 18.5 Å². The number of hydrogen-bond donors (Lipinski definition) is 3. The minimum Gasteiger partial charge on any atom is -0.453 e. The lowest BCUT2D eigenvalue weighted by molar-refractivity contribution is -0.135. The van der Waals surface area contributed by atoms with Gasteiger partial charge in [0.05, 0.1) is 13.2 Å². The third kappa shape index (κ3) is 4.48. The zero-order valence-electron chi connectivity index (χ0n) is 17.1. The average Bonchev–Trinajstić information content (AvgIpc) is 3.34. The minimum atomic E-state index is -0.609. The van der Waals surface area contributed by atoms with Gasteiger partial charge in [0, 0.05) is 30.4 Å². The Labute approximate surface area is 166 Å². The van der Waals surface area contributed by atoms with Gasteiger partial charge in [0.2, 0.25) is 5.91 Å². The molecule has 156 valence electrons. The number of methoxy groups -OCH3 is 1. The van der Waals surface area contributed by atoms with Gasteiger partial charge in [-0.25, -0.2) is 9.78 Å². The monoisotopic (exact) mass is 391 g/mol. The summed E-state index contributed by atoms with van der Waals surface area (Å²) in [5.41, 5.74) is 7.17. The molecule has 2 amide bonds. The highest BCUT2D eigenvalue weighted by Gasteiger charge is 2.37. The number of nitrogens with one attached hydrogen (secondary N) is 2. The number of rotatable bonds is 5. The summed E-state index contributed by atoms with van der Waals surface area (Å²) in [6, 6.07) is -0.369. The van der Waals surface area contributed by atoms with Crippen LogP contribution in [-0.4, -0.2) is 52.6 Å². The van der Waals surface area contributed by atoms with Gasteiger partial charge in [-0.3, -0.25) is 4.79 Å². The van der Waals surface area contributed by atoms with Gasteiger partial charge in [-0.2, -0.15) is 0 Å². The third-order valence-electron chi connectivity index (χ3n) is 6.07. The van der Waals surface area contributed by atoms with E-state index in [-0.39, 0.29) is 17.9 Å². The summed E-state index contributed by atoms with van der Waals surface area (Å²) in [4.78, 5) is 34.8. The number of likely N-dealkylation sites (tertiary alicyclic amines) is 1. The van der Waals surface area contributed by atoms with Crippen LogP contribution in [-0.2, 0) is 9.53 Å². The van der Waals surface area contributed by atoms with Crippen LogP contribution in [0.1, 0.15) is 75.9 Å². The van der Waals surface area contributed by atoms with Crippen molar-refractivity contribution in [1.82, 2.24) is 20.2 Å². The topological polar surface area (TPSA) is 113 Å². The molecule has 8 nitrogen and oxygen atoms in total. The van der Waals surface area contributed by atoms with Crippen LogP contribution in [0.3, 0.4) is 0 Å². The first-order chi connectivity index (χ1) is 13.4. The molecular formula is C20H33N5O3. The van der Waals surface area contributed by atoms with Crippen molar-refractivity contribution < 1.29 is 14.3 Å². The van der Waals surface area contributed by atoms with Crippen molar-refractivity contribution in [1.29, 1.82) is 0 Å². The SMILES string of the molecule is COC(=O)NC(C(=O)N1CCC[C@H]1c1ncc(C2CCC(N)CC2)[nH]1)C(C)C. The van der Waals surface area contributed by atoms with E-state index in [1.165, 1.54) is 7.11 Å². The van der Waals surface area contributed by atoms with Crippen molar-refractivity contribution in [2.75, 3.05) is 13.7 Å². The number of aromatic amines is 1. The van der Waals surface area contributed by atoms with E-state index in [1.807, 2.05) is 24.9 Å². The Morgan fingerprint density at radius 1 is 1.29 bits per heavy atom. The molecule has 0 radical (unpaired) electrons. The molecule has 1 saturated carbocycles. The molecule has 0 aromatic carbocycles. The summed E-state index contributed by atoms with van der Waals surface area (Å²) in [6.07, 6.45) is 7.38. The summed E-state index contributed by atoms with van der Waals surface area (Å²) >= 11 is 0. The lowest BCUT2D eigenvalue weighted by Gasteiger charge is -2.30. The maximum atomic E-state index is 13.2. The van der Waals surface area contributed by atoms with Crippen LogP contribution in [0.25, 0.3) is 0 Å². The number of nitrogens with two attached hydrogens (primary N) is 1. The molecule has 4 N–H and O–H groups in total. The van der Waals surface area contributed by atoms with Gasteiger partial charge in [-0.05, 0) is 44.4 Å². The summed E-state index contributed by atoms with van der Waals surface area (Å²) in [5, 5.41) is 2.68. The number of alkyl carbamates (subject to hydrolysis) is 1. The highest BCUT2D eigenvalue weighted by atomic mass is 16.5.